The number of aliphatic carboxylic acids is 1. The molecule has 24 heavy (non-hydrogen) atoms. The van der Waals surface area contributed by atoms with Gasteiger partial charge >= 0.3 is 5.97 Å². The first-order chi connectivity index (χ1) is 11.0. The molecule has 2 unspecified atom stereocenters. The van der Waals surface area contributed by atoms with Gasteiger partial charge in [0.05, 0.1) is 11.4 Å². The maximum atomic E-state index is 12.1. The van der Waals surface area contributed by atoms with Crippen LogP contribution in [0.15, 0.2) is 29.2 Å². The van der Waals surface area contributed by atoms with Crippen LogP contribution in [0.3, 0.4) is 0 Å². The van der Waals surface area contributed by atoms with E-state index in [0.29, 0.717) is 6.42 Å². The molecule has 2 atom stereocenters. The first kappa shape index (κ1) is 20.1. The molecule has 1 aromatic rings. The third-order valence-electron chi connectivity index (χ3n) is 3.45. The molecule has 0 spiro atoms. The summed E-state index contributed by atoms with van der Waals surface area (Å²) in [6.07, 6.45) is 0.642. The fourth-order valence-corrected chi connectivity index (χ4v) is 2.96. The molecule has 1 amide bonds. The molecule has 0 aliphatic heterocycles. The average Bonchev–Trinajstić information content (AvgIpc) is 2.52. The Morgan fingerprint density at radius 3 is 2.25 bits per heavy atom. The Morgan fingerprint density at radius 2 is 1.79 bits per heavy atom. The highest BCUT2D eigenvalue weighted by Crippen LogP contribution is 2.12. The molecule has 8 nitrogen and oxygen atoms in total. The lowest BCUT2D eigenvalue weighted by Gasteiger charge is -2.18. The number of carbonyl (C=O) groups excluding carboxylic acids is 1. The molecular formula is C15H22N2O6S. The summed E-state index contributed by atoms with van der Waals surface area (Å²) in [7, 11) is -3.66. The summed E-state index contributed by atoms with van der Waals surface area (Å²) in [5.41, 5.74) is -1.93. The van der Waals surface area contributed by atoms with Crippen LogP contribution in [-0.4, -0.2) is 48.7 Å². The number of rotatable bonds is 8. The Kier molecular flexibility index (Phi) is 6.47. The molecule has 0 radical (unpaired) electrons. The molecule has 4 N–H and O–H groups in total. The molecule has 0 saturated carbocycles. The Labute approximate surface area is 140 Å². The number of carboxylic acid groups (broad SMARTS) is 1. The lowest BCUT2D eigenvalue weighted by atomic mass is 10.1. The second-order valence-electron chi connectivity index (χ2n) is 5.72. The second kappa shape index (κ2) is 7.73. The number of aliphatic hydroxyl groups is 1. The predicted molar refractivity (Wildman–Crippen MR) is 87.1 cm³/mol. The maximum Gasteiger partial charge on any atom is 0.337 e. The van der Waals surface area contributed by atoms with Crippen molar-refractivity contribution >= 4 is 21.9 Å². The van der Waals surface area contributed by atoms with Crippen LogP contribution in [-0.2, 0) is 14.8 Å². The van der Waals surface area contributed by atoms with Crippen molar-refractivity contribution in [2.45, 2.75) is 43.7 Å². The van der Waals surface area contributed by atoms with Crippen molar-refractivity contribution in [3.05, 3.63) is 29.8 Å². The molecule has 0 heterocycles. The van der Waals surface area contributed by atoms with Crippen molar-refractivity contribution < 1.29 is 28.2 Å². The van der Waals surface area contributed by atoms with Gasteiger partial charge in [-0.1, -0.05) is 6.92 Å². The van der Waals surface area contributed by atoms with Gasteiger partial charge in [-0.2, -0.15) is 0 Å². The number of carbonyl (C=O) groups is 2. The van der Waals surface area contributed by atoms with E-state index in [-0.39, 0.29) is 16.5 Å². The molecule has 1 rings (SSSR count). The van der Waals surface area contributed by atoms with Gasteiger partial charge in [0, 0.05) is 11.6 Å². The third kappa shape index (κ3) is 5.29. The first-order valence-electron chi connectivity index (χ1n) is 7.36. The van der Waals surface area contributed by atoms with Crippen molar-refractivity contribution in [3.63, 3.8) is 0 Å². The van der Waals surface area contributed by atoms with Crippen LogP contribution in [0.2, 0.25) is 0 Å². The molecule has 0 aliphatic carbocycles. The first-order valence-corrected chi connectivity index (χ1v) is 8.84. The number of hydrogen-bond donors (Lipinski definition) is 4. The molecule has 0 saturated heterocycles. The molecule has 9 heteroatoms. The van der Waals surface area contributed by atoms with E-state index in [1.165, 1.54) is 24.3 Å². The van der Waals surface area contributed by atoms with Crippen LogP contribution in [0.5, 0.6) is 0 Å². The van der Waals surface area contributed by atoms with Gasteiger partial charge in [0.25, 0.3) is 5.91 Å². The molecule has 0 bridgehead atoms. The summed E-state index contributed by atoms with van der Waals surface area (Å²) in [5, 5.41) is 20.6. The fourth-order valence-electron chi connectivity index (χ4n) is 1.63. The zero-order chi connectivity index (χ0) is 18.5. The van der Waals surface area contributed by atoms with E-state index in [4.69, 9.17) is 5.11 Å². The van der Waals surface area contributed by atoms with E-state index in [1.807, 2.05) is 6.92 Å². The molecule has 1 aromatic carbocycles. The molecule has 0 fully saturated rings. The monoisotopic (exact) mass is 358 g/mol. The smallest absolute Gasteiger partial charge is 0.337 e. The second-order valence-corrected chi connectivity index (χ2v) is 7.43. The fraction of sp³-hybridized carbons (Fsp3) is 0.467. The van der Waals surface area contributed by atoms with Crippen molar-refractivity contribution in [2.24, 2.45) is 0 Å². The summed E-state index contributed by atoms with van der Waals surface area (Å²) < 4.78 is 26.7. The summed E-state index contributed by atoms with van der Waals surface area (Å²) in [6.45, 7) is 4.18. The molecule has 0 aliphatic rings. The highest BCUT2D eigenvalue weighted by Gasteiger charge is 2.30. The summed E-state index contributed by atoms with van der Waals surface area (Å²) in [5.74, 6) is -2.07. The standard InChI is InChI=1S/C15H22N2O6S/c1-4-10(2)17-24(22,23)12-7-5-11(6-8-12)13(18)16-9-15(3,21)14(19)20/h5-8,10,17,21H,4,9H2,1-3H3,(H,16,18)(H,19,20). The van der Waals surface area contributed by atoms with Crippen LogP contribution >= 0.6 is 0 Å². The van der Waals surface area contributed by atoms with Gasteiger partial charge < -0.3 is 15.5 Å². The number of carboxylic acids is 1. The minimum atomic E-state index is -3.66. The average molecular weight is 358 g/mol. The zero-order valence-corrected chi connectivity index (χ0v) is 14.6. The Hall–Kier alpha value is -1.97. The van der Waals surface area contributed by atoms with Gasteiger partial charge in [0.15, 0.2) is 5.60 Å². The van der Waals surface area contributed by atoms with Gasteiger partial charge in [-0.3, -0.25) is 4.79 Å². The minimum Gasteiger partial charge on any atom is -0.479 e. The molecule has 0 aromatic heterocycles. The Morgan fingerprint density at radius 1 is 1.25 bits per heavy atom. The topological polar surface area (TPSA) is 133 Å². The van der Waals surface area contributed by atoms with E-state index >= 15 is 0 Å². The van der Waals surface area contributed by atoms with Crippen LogP contribution in [0.25, 0.3) is 0 Å². The number of amides is 1. The van der Waals surface area contributed by atoms with Crippen LogP contribution < -0.4 is 10.0 Å². The third-order valence-corrected chi connectivity index (χ3v) is 5.05. The van der Waals surface area contributed by atoms with Gasteiger partial charge in [-0.05, 0) is 44.5 Å². The van der Waals surface area contributed by atoms with Gasteiger partial charge in [0.1, 0.15) is 0 Å². The van der Waals surface area contributed by atoms with Crippen molar-refractivity contribution in [1.29, 1.82) is 0 Å². The highest BCUT2D eigenvalue weighted by atomic mass is 32.2. The summed E-state index contributed by atoms with van der Waals surface area (Å²) in [4.78, 5) is 22.7. The minimum absolute atomic E-state index is 0.0249. The Bertz CT molecular complexity index is 697. The quantitative estimate of drug-likeness (QED) is 0.529. The van der Waals surface area contributed by atoms with E-state index in [0.717, 1.165) is 6.92 Å². The normalized spacial score (nSPS) is 15.3. The maximum absolute atomic E-state index is 12.1. The van der Waals surface area contributed by atoms with Crippen molar-refractivity contribution in [3.8, 4) is 0 Å². The van der Waals surface area contributed by atoms with Crippen molar-refractivity contribution in [2.75, 3.05) is 6.54 Å². The lowest BCUT2D eigenvalue weighted by Crippen LogP contribution is -2.46. The highest BCUT2D eigenvalue weighted by molar-refractivity contribution is 7.89. The van der Waals surface area contributed by atoms with E-state index in [1.54, 1.807) is 6.92 Å². The van der Waals surface area contributed by atoms with Gasteiger partial charge in [-0.25, -0.2) is 17.9 Å². The zero-order valence-electron chi connectivity index (χ0n) is 13.7. The number of sulfonamides is 1. The SMILES string of the molecule is CCC(C)NS(=O)(=O)c1ccc(C(=O)NCC(C)(O)C(=O)O)cc1. The van der Waals surface area contributed by atoms with E-state index < -0.39 is 34.0 Å². The van der Waals surface area contributed by atoms with Gasteiger partial charge in [0.2, 0.25) is 10.0 Å². The lowest BCUT2D eigenvalue weighted by molar-refractivity contribution is -0.155. The molecule has 134 valence electrons. The van der Waals surface area contributed by atoms with Crippen molar-refractivity contribution in [1.82, 2.24) is 10.0 Å². The molecular weight excluding hydrogens is 336 g/mol. The van der Waals surface area contributed by atoms with Gasteiger partial charge in [-0.15, -0.1) is 0 Å². The number of benzene rings is 1. The van der Waals surface area contributed by atoms with E-state index in [9.17, 15) is 23.1 Å². The summed E-state index contributed by atoms with van der Waals surface area (Å²) >= 11 is 0. The van der Waals surface area contributed by atoms with Crippen LogP contribution in [0.4, 0.5) is 0 Å². The van der Waals surface area contributed by atoms with Crippen LogP contribution in [0.1, 0.15) is 37.6 Å². The van der Waals surface area contributed by atoms with E-state index in [2.05, 4.69) is 10.0 Å². The predicted octanol–water partition coefficient (Wildman–Crippen LogP) is 0.329. The Balaban J connectivity index is 2.81. The largest absolute Gasteiger partial charge is 0.479 e. The number of hydrogen-bond acceptors (Lipinski definition) is 5. The summed E-state index contributed by atoms with van der Waals surface area (Å²) in [6, 6.07) is 4.99. The van der Waals surface area contributed by atoms with Crippen LogP contribution in [0, 0.1) is 0 Å². The number of nitrogens with one attached hydrogen (secondary N) is 2.